The lowest BCUT2D eigenvalue weighted by molar-refractivity contribution is 0.0687. The Labute approximate surface area is 124 Å². The summed E-state index contributed by atoms with van der Waals surface area (Å²) in [5, 5.41) is 32.2. The molecule has 0 aliphatic rings. The summed E-state index contributed by atoms with van der Waals surface area (Å²) in [6.45, 7) is 0. The van der Waals surface area contributed by atoms with Crippen molar-refractivity contribution in [3.8, 4) is 28.6 Å². The number of benzene rings is 1. The number of hydrogen-bond donors (Lipinski definition) is 2. The van der Waals surface area contributed by atoms with Gasteiger partial charge in [0.05, 0.1) is 5.56 Å². The molecule has 8 heteroatoms. The molecule has 0 spiro atoms. The molecule has 108 valence electrons. The smallest absolute Gasteiger partial charge is 0.353 e. The van der Waals surface area contributed by atoms with Gasteiger partial charge >= 0.3 is 5.97 Å². The van der Waals surface area contributed by atoms with Crippen LogP contribution in [0.25, 0.3) is 22.5 Å². The van der Waals surface area contributed by atoms with Crippen molar-refractivity contribution in [2.45, 2.75) is 0 Å². The molecule has 3 aromatic rings. The third-order valence-corrected chi connectivity index (χ3v) is 3.28. The highest BCUT2D eigenvalue weighted by molar-refractivity contribution is 5.96. The van der Waals surface area contributed by atoms with Crippen molar-refractivity contribution in [1.29, 1.82) is 5.26 Å². The van der Waals surface area contributed by atoms with E-state index >= 15 is 0 Å². The molecular formula is C14H10N6O2. The minimum Gasteiger partial charge on any atom is -0.477 e. The van der Waals surface area contributed by atoms with Crippen molar-refractivity contribution >= 4 is 5.97 Å². The van der Waals surface area contributed by atoms with Crippen molar-refractivity contribution in [3.05, 3.63) is 41.7 Å². The highest BCUT2D eigenvalue weighted by Gasteiger charge is 2.21. The van der Waals surface area contributed by atoms with E-state index in [0.29, 0.717) is 22.5 Å². The highest BCUT2D eigenvalue weighted by Crippen LogP contribution is 2.30. The normalized spacial score (nSPS) is 10.4. The number of carboxylic acids is 1. The number of nitrogens with zero attached hydrogens (tertiary/aromatic N) is 5. The van der Waals surface area contributed by atoms with Gasteiger partial charge < -0.3 is 9.67 Å². The third-order valence-electron chi connectivity index (χ3n) is 3.28. The number of aryl methyl sites for hydroxylation is 1. The van der Waals surface area contributed by atoms with Gasteiger partial charge in [-0.2, -0.15) is 10.5 Å². The van der Waals surface area contributed by atoms with Crippen LogP contribution < -0.4 is 0 Å². The second-order valence-electron chi connectivity index (χ2n) is 4.61. The molecule has 0 aliphatic heterocycles. The fourth-order valence-corrected chi connectivity index (χ4v) is 2.33. The highest BCUT2D eigenvalue weighted by atomic mass is 16.4. The lowest BCUT2D eigenvalue weighted by atomic mass is 10.0. The van der Waals surface area contributed by atoms with Crippen molar-refractivity contribution in [2.75, 3.05) is 0 Å². The predicted octanol–water partition coefficient (Wildman–Crippen LogP) is 1.44. The zero-order valence-corrected chi connectivity index (χ0v) is 11.5. The summed E-state index contributed by atoms with van der Waals surface area (Å²) in [4.78, 5) is 11.4. The minimum atomic E-state index is -1.08. The third kappa shape index (κ3) is 2.10. The maximum absolute atomic E-state index is 11.4. The van der Waals surface area contributed by atoms with Gasteiger partial charge in [-0.05, 0) is 10.8 Å². The van der Waals surface area contributed by atoms with Crippen molar-refractivity contribution in [1.82, 2.24) is 25.2 Å². The average Bonchev–Trinajstić information content (AvgIpc) is 3.14. The molecule has 0 bridgehead atoms. The van der Waals surface area contributed by atoms with E-state index in [4.69, 9.17) is 0 Å². The molecule has 2 N–H and O–H groups in total. The van der Waals surface area contributed by atoms with E-state index in [-0.39, 0.29) is 5.69 Å². The number of aromatic nitrogens is 5. The molecular weight excluding hydrogens is 284 g/mol. The van der Waals surface area contributed by atoms with Crippen LogP contribution in [0.4, 0.5) is 0 Å². The molecule has 0 fully saturated rings. The Kier molecular flexibility index (Phi) is 3.16. The summed E-state index contributed by atoms with van der Waals surface area (Å²) in [5.74, 6) is -0.639. The maximum Gasteiger partial charge on any atom is 0.353 e. The zero-order valence-electron chi connectivity index (χ0n) is 11.5. The van der Waals surface area contributed by atoms with Crippen LogP contribution in [-0.4, -0.2) is 36.3 Å². The number of carbonyl (C=O) groups is 1. The van der Waals surface area contributed by atoms with Crippen LogP contribution in [0.2, 0.25) is 0 Å². The van der Waals surface area contributed by atoms with Gasteiger partial charge in [-0.1, -0.05) is 24.3 Å². The van der Waals surface area contributed by atoms with E-state index in [0.717, 1.165) is 5.56 Å². The van der Waals surface area contributed by atoms with E-state index < -0.39 is 5.97 Å². The Bertz CT molecular complexity index is 871. The Morgan fingerprint density at radius 3 is 2.55 bits per heavy atom. The SMILES string of the molecule is Cn1cc(C#N)c(-c2ccc(-c3nn[nH]n3)cc2)c1C(=O)O. The van der Waals surface area contributed by atoms with Gasteiger partial charge in [0.15, 0.2) is 0 Å². The minimum absolute atomic E-state index is 0.0730. The maximum atomic E-state index is 11.4. The van der Waals surface area contributed by atoms with Crippen LogP contribution in [0, 0.1) is 11.3 Å². The van der Waals surface area contributed by atoms with Gasteiger partial charge in [0.1, 0.15) is 11.8 Å². The van der Waals surface area contributed by atoms with Crippen LogP contribution in [0.1, 0.15) is 16.1 Å². The number of aromatic carboxylic acids is 1. The van der Waals surface area contributed by atoms with Gasteiger partial charge in [0.25, 0.3) is 0 Å². The second-order valence-corrected chi connectivity index (χ2v) is 4.61. The van der Waals surface area contributed by atoms with Gasteiger partial charge in [-0.3, -0.25) is 0 Å². The molecule has 0 atom stereocenters. The summed E-state index contributed by atoms with van der Waals surface area (Å²) < 4.78 is 1.43. The Morgan fingerprint density at radius 2 is 2.00 bits per heavy atom. The lowest BCUT2D eigenvalue weighted by Crippen LogP contribution is -2.05. The molecule has 0 saturated carbocycles. The van der Waals surface area contributed by atoms with Crippen molar-refractivity contribution in [2.24, 2.45) is 7.05 Å². The van der Waals surface area contributed by atoms with Crippen LogP contribution >= 0.6 is 0 Å². The standard InChI is InChI=1S/C14H10N6O2/c1-20-7-10(6-15)11(12(20)14(21)22)8-2-4-9(5-3-8)13-16-18-19-17-13/h2-5,7H,1H3,(H,21,22)(H,16,17,18,19). The number of carboxylic acid groups (broad SMARTS) is 1. The molecule has 22 heavy (non-hydrogen) atoms. The van der Waals surface area contributed by atoms with Gasteiger partial charge in [-0.15, -0.1) is 10.2 Å². The number of nitrogens with one attached hydrogen (secondary N) is 1. The van der Waals surface area contributed by atoms with E-state index in [2.05, 4.69) is 20.6 Å². The monoisotopic (exact) mass is 294 g/mol. The molecule has 0 unspecified atom stereocenters. The number of H-pyrrole nitrogens is 1. The largest absolute Gasteiger partial charge is 0.477 e. The van der Waals surface area contributed by atoms with Crippen LogP contribution in [0.5, 0.6) is 0 Å². The number of aromatic amines is 1. The van der Waals surface area contributed by atoms with Crippen LogP contribution in [0.15, 0.2) is 30.5 Å². The summed E-state index contributed by atoms with van der Waals surface area (Å²) in [6, 6.07) is 8.99. The first kappa shape index (κ1) is 13.5. The lowest BCUT2D eigenvalue weighted by Gasteiger charge is -2.04. The Balaban J connectivity index is 2.12. The number of hydrogen-bond acceptors (Lipinski definition) is 5. The molecule has 3 rings (SSSR count). The fraction of sp³-hybridized carbons (Fsp3) is 0.0714. The summed E-state index contributed by atoms with van der Waals surface area (Å²) >= 11 is 0. The number of tetrazole rings is 1. The molecule has 0 radical (unpaired) electrons. The summed E-state index contributed by atoms with van der Waals surface area (Å²) in [6.07, 6.45) is 1.51. The van der Waals surface area contributed by atoms with E-state index in [9.17, 15) is 15.2 Å². The molecule has 0 aliphatic carbocycles. The molecule has 1 aromatic carbocycles. The first-order valence-corrected chi connectivity index (χ1v) is 6.28. The topological polar surface area (TPSA) is 120 Å². The molecule has 2 aromatic heterocycles. The number of rotatable bonds is 3. The van der Waals surface area contributed by atoms with Gasteiger partial charge in [-0.25, -0.2) is 4.79 Å². The first-order valence-electron chi connectivity index (χ1n) is 6.28. The van der Waals surface area contributed by atoms with Crippen LogP contribution in [-0.2, 0) is 7.05 Å². The van der Waals surface area contributed by atoms with E-state index in [1.165, 1.54) is 10.8 Å². The van der Waals surface area contributed by atoms with Gasteiger partial charge in [0.2, 0.25) is 5.82 Å². The molecule has 0 amide bonds. The second kappa shape index (κ2) is 5.14. The first-order chi connectivity index (χ1) is 10.6. The van der Waals surface area contributed by atoms with E-state index in [1.807, 2.05) is 6.07 Å². The Hall–Kier alpha value is -3.47. The fourth-order valence-electron chi connectivity index (χ4n) is 2.33. The quantitative estimate of drug-likeness (QED) is 0.754. The van der Waals surface area contributed by atoms with Crippen molar-refractivity contribution in [3.63, 3.8) is 0 Å². The van der Waals surface area contributed by atoms with Crippen molar-refractivity contribution < 1.29 is 9.90 Å². The summed E-state index contributed by atoms with van der Waals surface area (Å²) in [5.41, 5.74) is 2.17. The predicted molar refractivity (Wildman–Crippen MR) is 75.7 cm³/mol. The molecule has 0 saturated heterocycles. The Morgan fingerprint density at radius 1 is 1.32 bits per heavy atom. The van der Waals surface area contributed by atoms with Gasteiger partial charge in [0, 0.05) is 24.4 Å². The number of nitriles is 1. The average molecular weight is 294 g/mol. The molecule has 8 nitrogen and oxygen atoms in total. The zero-order chi connectivity index (χ0) is 15.7. The molecule has 2 heterocycles. The summed E-state index contributed by atoms with van der Waals surface area (Å²) in [7, 11) is 1.60. The van der Waals surface area contributed by atoms with Crippen LogP contribution in [0.3, 0.4) is 0 Å². The van der Waals surface area contributed by atoms with E-state index in [1.54, 1.807) is 31.3 Å².